The minimum atomic E-state index is -5.08. The van der Waals surface area contributed by atoms with Gasteiger partial charge in [-0.1, -0.05) is 23.8 Å². The number of hydrogen-bond donors (Lipinski definition) is 1. The van der Waals surface area contributed by atoms with E-state index in [-0.39, 0.29) is 17.4 Å². The normalized spacial score (nSPS) is 19.2. The van der Waals surface area contributed by atoms with Crippen molar-refractivity contribution in [3.8, 4) is 0 Å². The summed E-state index contributed by atoms with van der Waals surface area (Å²) in [5.41, 5.74) is 3.40. The average molecular weight is 508 g/mol. The Morgan fingerprint density at radius 3 is 2.50 bits per heavy atom. The Morgan fingerprint density at radius 1 is 1.22 bits per heavy atom. The predicted octanol–water partition coefficient (Wildman–Crippen LogP) is 4.17. The first-order chi connectivity index (χ1) is 17.0. The molecule has 36 heavy (non-hydrogen) atoms. The molecule has 1 unspecified atom stereocenters. The lowest BCUT2D eigenvalue weighted by atomic mass is 9.76. The number of piperidine rings is 1. The lowest BCUT2D eigenvalue weighted by Gasteiger charge is -2.38. The number of amides is 1. The van der Waals surface area contributed by atoms with Gasteiger partial charge in [0, 0.05) is 44.1 Å². The third-order valence-corrected chi connectivity index (χ3v) is 6.60. The number of rotatable bonds is 5. The number of likely N-dealkylation sites (N-methyl/N-ethyl adjacent to an activating group) is 1. The van der Waals surface area contributed by atoms with Crippen molar-refractivity contribution < 1.29 is 32.6 Å². The molecule has 7 nitrogen and oxygen atoms in total. The summed E-state index contributed by atoms with van der Waals surface area (Å²) in [6.07, 6.45) is 2.09. The van der Waals surface area contributed by atoms with Gasteiger partial charge < -0.3 is 14.7 Å². The molecule has 4 rings (SSSR count). The molecule has 3 heterocycles. The van der Waals surface area contributed by atoms with E-state index < -0.39 is 12.1 Å². The molecule has 2 aromatic rings. The van der Waals surface area contributed by atoms with E-state index in [1.165, 1.54) is 5.56 Å². The molecule has 2 saturated heterocycles. The highest BCUT2D eigenvalue weighted by atomic mass is 19.4. The van der Waals surface area contributed by atoms with Crippen LogP contribution in [0.4, 0.5) is 13.2 Å². The molecule has 0 aliphatic carbocycles. The summed E-state index contributed by atoms with van der Waals surface area (Å²) >= 11 is 0. The fourth-order valence-corrected chi connectivity index (χ4v) is 4.72. The number of carbonyl (C=O) groups is 2. The van der Waals surface area contributed by atoms with Crippen LogP contribution in [0.25, 0.3) is 0 Å². The topological polar surface area (TPSA) is 83.0 Å². The first kappa shape index (κ1) is 27.6. The Hall–Kier alpha value is -2.98. The van der Waals surface area contributed by atoms with E-state index >= 15 is 0 Å². The van der Waals surface area contributed by atoms with E-state index in [0.29, 0.717) is 0 Å². The zero-order chi connectivity index (χ0) is 26.3. The molecule has 10 heteroatoms. The van der Waals surface area contributed by atoms with E-state index in [4.69, 9.17) is 14.6 Å². The van der Waals surface area contributed by atoms with Gasteiger partial charge in [0.15, 0.2) is 0 Å². The molecule has 1 aromatic heterocycles. The summed E-state index contributed by atoms with van der Waals surface area (Å²) in [6.45, 7) is 6.33. The number of halogens is 3. The summed E-state index contributed by atoms with van der Waals surface area (Å²) in [6, 6.07) is 12.0. The van der Waals surface area contributed by atoms with Gasteiger partial charge in [-0.25, -0.2) is 4.79 Å². The number of ether oxygens (including phenoxy) is 1. The second kappa shape index (κ2) is 11.8. The summed E-state index contributed by atoms with van der Waals surface area (Å²) in [4.78, 5) is 30.2. The maximum atomic E-state index is 12.8. The highest BCUT2D eigenvalue weighted by molar-refractivity contribution is 5.94. The summed E-state index contributed by atoms with van der Waals surface area (Å²) < 4.78 is 37.9. The van der Waals surface area contributed by atoms with Crippen molar-refractivity contribution in [1.82, 2.24) is 14.8 Å². The quantitative estimate of drug-likeness (QED) is 0.654. The molecule has 2 aliphatic heterocycles. The van der Waals surface area contributed by atoms with Gasteiger partial charge in [-0.15, -0.1) is 0 Å². The number of carbonyl (C=O) groups excluding carboxylic acids is 1. The van der Waals surface area contributed by atoms with E-state index in [1.54, 1.807) is 0 Å². The van der Waals surface area contributed by atoms with Crippen LogP contribution in [0.15, 0.2) is 48.8 Å². The average Bonchev–Trinajstić information content (AvgIpc) is 3.21. The van der Waals surface area contributed by atoms with Crippen LogP contribution >= 0.6 is 0 Å². The maximum Gasteiger partial charge on any atom is 0.490 e. The molecule has 2 aliphatic rings. The zero-order valence-electron chi connectivity index (χ0n) is 20.5. The van der Waals surface area contributed by atoms with E-state index in [9.17, 15) is 18.0 Å². The van der Waals surface area contributed by atoms with Gasteiger partial charge in [0.2, 0.25) is 0 Å². The second-order valence-electron chi connectivity index (χ2n) is 9.66. The molecule has 1 amide bonds. The number of carboxylic acids is 1. The van der Waals surface area contributed by atoms with Crippen LogP contribution in [0.1, 0.15) is 40.7 Å². The Balaban J connectivity index is 0.000000454. The van der Waals surface area contributed by atoms with Crippen LogP contribution in [-0.4, -0.2) is 77.3 Å². The van der Waals surface area contributed by atoms with Crippen molar-refractivity contribution in [1.29, 1.82) is 0 Å². The first-order valence-corrected chi connectivity index (χ1v) is 11.8. The van der Waals surface area contributed by atoms with Crippen molar-refractivity contribution >= 4 is 11.9 Å². The molecular weight excluding hydrogens is 475 g/mol. The third kappa shape index (κ3) is 7.76. The van der Waals surface area contributed by atoms with E-state index in [1.807, 2.05) is 54.5 Å². The SMILES string of the molecule is Cc1cccc(C(=O)N2CCC3(CC2)COC(CN(C)Cc2cccnc2)C3)c1.O=C(O)C(F)(F)F. The Labute approximate surface area is 208 Å². The number of carboxylic acid groups (broad SMARTS) is 1. The van der Waals surface area contributed by atoms with Crippen molar-refractivity contribution in [2.45, 2.75) is 45.0 Å². The van der Waals surface area contributed by atoms with Crippen molar-refractivity contribution in [2.75, 3.05) is 33.3 Å². The molecule has 196 valence electrons. The van der Waals surface area contributed by atoms with Gasteiger partial charge in [0.1, 0.15) is 0 Å². The summed E-state index contributed by atoms with van der Waals surface area (Å²) in [5, 5.41) is 7.12. The Kier molecular flexibility index (Phi) is 9.08. The van der Waals surface area contributed by atoms with Gasteiger partial charge >= 0.3 is 12.1 Å². The molecule has 1 aromatic carbocycles. The number of benzene rings is 1. The van der Waals surface area contributed by atoms with Gasteiger partial charge in [-0.05, 0) is 62.4 Å². The van der Waals surface area contributed by atoms with Crippen LogP contribution < -0.4 is 0 Å². The lowest BCUT2D eigenvalue weighted by molar-refractivity contribution is -0.192. The van der Waals surface area contributed by atoms with Gasteiger partial charge in [-0.2, -0.15) is 13.2 Å². The summed E-state index contributed by atoms with van der Waals surface area (Å²) in [5.74, 6) is -2.59. The van der Waals surface area contributed by atoms with Crippen LogP contribution in [0.3, 0.4) is 0 Å². The lowest BCUT2D eigenvalue weighted by Crippen LogP contribution is -2.43. The zero-order valence-corrected chi connectivity index (χ0v) is 20.5. The molecule has 1 atom stereocenters. The maximum absolute atomic E-state index is 12.8. The summed E-state index contributed by atoms with van der Waals surface area (Å²) in [7, 11) is 2.14. The number of hydrogen-bond acceptors (Lipinski definition) is 5. The van der Waals surface area contributed by atoms with Crippen molar-refractivity contribution in [3.63, 3.8) is 0 Å². The number of alkyl halides is 3. The number of aromatic nitrogens is 1. The molecule has 0 bridgehead atoms. The van der Waals surface area contributed by atoms with Crippen LogP contribution in [-0.2, 0) is 16.1 Å². The van der Waals surface area contributed by atoms with Crippen LogP contribution in [0, 0.1) is 12.3 Å². The highest BCUT2D eigenvalue weighted by Gasteiger charge is 2.43. The molecule has 2 fully saturated rings. The standard InChI is InChI=1S/C24H31N3O2.C2HF3O2/c1-19-5-3-7-21(13-19)23(28)27-11-8-24(9-12-27)14-22(29-18-24)17-26(2)16-20-6-4-10-25-15-20;3-2(4,5)1(6)7/h3-7,10,13,15,22H,8-9,11-12,14,16-18H2,1-2H3;(H,6,7). The first-order valence-electron chi connectivity index (χ1n) is 11.8. The minimum Gasteiger partial charge on any atom is -0.475 e. The number of likely N-dealkylation sites (tertiary alicyclic amines) is 1. The van der Waals surface area contributed by atoms with Crippen LogP contribution in [0.2, 0.25) is 0 Å². The molecule has 1 N–H and O–H groups in total. The third-order valence-electron chi connectivity index (χ3n) is 6.60. The molecule has 0 saturated carbocycles. The minimum absolute atomic E-state index is 0.162. The smallest absolute Gasteiger partial charge is 0.475 e. The second-order valence-corrected chi connectivity index (χ2v) is 9.66. The highest BCUT2D eigenvalue weighted by Crippen LogP contribution is 2.42. The van der Waals surface area contributed by atoms with Gasteiger partial charge in [0.25, 0.3) is 5.91 Å². The van der Waals surface area contributed by atoms with Gasteiger partial charge in [0.05, 0.1) is 12.7 Å². The number of pyridine rings is 1. The molecule has 1 spiro atoms. The predicted molar refractivity (Wildman–Crippen MR) is 127 cm³/mol. The molecule has 0 radical (unpaired) electrons. The molecular formula is C26H32F3N3O4. The fourth-order valence-electron chi connectivity index (χ4n) is 4.72. The Bertz CT molecular complexity index is 1020. The van der Waals surface area contributed by atoms with Crippen molar-refractivity contribution in [3.05, 3.63) is 65.5 Å². The number of aliphatic carboxylic acids is 1. The number of nitrogens with zero attached hydrogens (tertiary/aromatic N) is 3. The van der Waals surface area contributed by atoms with E-state index in [0.717, 1.165) is 63.2 Å². The van der Waals surface area contributed by atoms with E-state index in [2.05, 4.69) is 23.0 Å². The monoisotopic (exact) mass is 507 g/mol. The van der Waals surface area contributed by atoms with Crippen LogP contribution in [0.5, 0.6) is 0 Å². The largest absolute Gasteiger partial charge is 0.490 e. The number of aryl methyl sites for hydroxylation is 1. The fraction of sp³-hybridized carbons (Fsp3) is 0.500. The Morgan fingerprint density at radius 2 is 1.92 bits per heavy atom. The van der Waals surface area contributed by atoms with Gasteiger partial charge in [-0.3, -0.25) is 14.7 Å². The van der Waals surface area contributed by atoms with Crippen molar-refractivity contribution in [2.24, 2.45) is 5.41 Å².